The van der Waals surface area contributed by atoms with Gasteiger partial charge in [0.2, 0.25) is 0 Å². The van der Waals surface area contributed by atoms with E-state index >= 15 is 0 Å². The van der Waals surface area contributed by atoms with Crippen molar-refractivity contribution in [2.45, 2.75) is 20.3 Å². The van der Waals surface area contributed by atoms with E-state index in [4.69, 9.17) is 0 Å². The number of nitro benzene ring substituents is 1. The molecule has 0 fully saturated rings. The van der Waals surface area contributed by atoms with Crippen molar-refractivity contribution in [2.24, 2.45) is 0 Å². The van der Waals surface area contributed by atoms with Crippen molar-refractivity contribution < 1.29 is 9.72 Å². The van der Waals surface area contributed by atoms with Crippen LogP contribution in [0.2, 0.25) is 0 Å². The van der Waals surface area contributed by atoms with Crippen molar-refractivity contribution in [1.82, 2.24) is 0 Å². The molecule has 0 saturated carbocycles. The van der Waals surface area contributed by atoms with Gasteiger partial charge < -0.3 is 0 Å². The summed E-state index contributed by atoms with van der Waals surface area (Å²) in [5.74, 6) is 0.00292. The number of hydrogen-bond acceptors (Lipinski definition) is 3. The third-order valence-electron chi connectivity index (χ3n) is 1.92. The van der Waals surface area contributed by atoms with Gasteiger partial charge in [-0.05, 0) is 19.4 Å². The zero-order chi connectivity index (χ0) is 10.7. The third kappa shape index (κ3) is 2.39. The maximum absolute atomic E-state index is 10.8. The van der Waals surface area contributed by atoms with E-state index in [2.05, 4.69) is 0 Å². The van der Waals surface area contributed by atoms with Crippen LogP contribution in [0.5, 0.6) is 0 Å². The molecule has 0 amide bonds. The summed E-state index contributed by atoms with van der Waals surface area (Å²) >= 11 is 0. The number of ketones is 1. The molecule has 0 radical (unpaired) electrons. The van der Waals surface area contributed by atoms with Gasteiger partial charge in [-0.3, -0.25) is 14.9 Å². The summed E-state index contributed by atoms with van der Waals surface area (Å²) in [5, 5.41) is 10.6. The Bertz CT molecular complexity index is 385. The van der Waals surface area contributed by atoms with E-state index in [-0.39, 0.29) is 17.9 Å². The lowest BCUT2D eigenvalue weighted by Gasteiger charge is -2.00. The zero-order valence-corrected chi connectivity index (χ0v) is 8.11. The number of nitrogens with zero attached hydrogens (tertiary/aromatic N) is 1. The van der Waals surface area contributed by atoms with E-state index in [9.17, 15) is 14.9 Å². The number of aryl methyl sites for hydroxylation is 1. The number of rotatable bonds is 3. The Balaban J connectivity index is 3.06. The molecule has 1 aromatic carbocycles. The first-order chi connectivity index (χ1) is 6.50. The first-order valence-electron chi connectivity index (χ1n) is 4.24. The van der Waals surface area contributed by atoms with Crippen molar-refractivity contribution in [1.29, 1.82) is 0 Å². The van der Waals surface area contributed by atoms with E-state index in [0.717, 1.165) is 0 Å². The monoisotopic (exact) mass is 193 g/mol. The fourth-order valence-electron chi connectivity index (χ4n) is 1.25. The van der Waals surface area contributed by atoms with Gasteiger partial charge in [0.05, 0.1) is 4.92 Å². The molecular weight excluding hydrogens is 182 g/mol. The normalized spacial score (nSPS) is 9.86. The minimum Gasteiger partial charge on any atom is -0.300 e. The molecule has 0 unspecified atom stereocenters. The summed E-state index contributed by atoms with van der Waals surface area (Å²) in [7, 11) is 0. The second-order valence-electron chi connectivity index (χ2n) is 3.26. The van der Waals surface area contributed by atoms with Crippen molar-refractivity contribution in [3.8, 4) is 0 Å². The van der Waals surface area contributed by atoms with Crippen LogP contribution in [0.25, 0.3) is 0 Å². The van der Waals surface area contributed by atoms with Gasteiger partial charge in [-0.1, -0.05) is 12.1 Å². The van der Waals surface area contributed by atoms with Gasteiger partial charge in [-0.15, -0.1) is 0 Å². The fraction of sp³-hybridized carbons (Fsp3) is 0.300. The lowest BCUT2D eigenvalue weighted by Crippen LogP contribution is -1.98. The highest BCUT2D eigenvalue weighted by atomic mass is 16.6. The molecule has 14 heavy (non-hydrogen) atoms. The molecule has 4 heteroatoms. The number of carbonyl (C=O) groups is 1. The van der Waals surface area contributed by atoms with Crippen molar-refractivity contribution in [3.63, 3.8) is 0 Å². The van der Waals surface area contributed by atoms with Crippen LogP contribution in [0.1, 0.15) is 18.1 Å². The van der Waals surface area contributed by atoms with Gasteiger partial charge in [0.25, 0.3) is 5.69 Å². The number of benzene rings is 1. The van der Waals surface area contributed by atoms with E-state index in [1.807, 2.05) is 0 Å². The van der Waals surface area contributed by atoms with Crippen LogP contribution in [0.3, 0.4) is 0 Å². The van der Waals surface area contributed by atoms with Crippen LogP contribution < -0.4 is 0 Å². The highest BCUT2D eigenvalue weighted by Crippen LogP contribution is 2.19. The van der Waals surface area contributed by atoms with Gasteiger partial charge in [0, 0.05) is 18.1 Å². The predicted molar refractivity (Wildman–Crippen MR) is 52.2 cm³/mol. The predicted octanol–water partition coefficient (Wildman–Crippen LogP) is 2.03. The van der Waals surface area contributed by atoms with Gasteiger partial charge in [0.1, 0.15) is 5.78 Å². The number of Topliss-reactive ketones (excluding diaryl/α,β-unsaturated/α-hetero) is 1. The van der Waals surface area contributed by atoms with Gasteiger partial charge >= 0.3 is 0 Å². The average Bonchev–Trinajstić information content (AvgIpc) is 2.07. The number of nitro groups is 1. The molecule has 0 atom stereocenters. The molecular formula is C10H11NO3. The van der Waals surface area contributed by atoms with E-state index in [1.165, 1.54) is 13.0 Å². The molecule has 0 aliphatic heterocycles. The van der Waals surface area contributed by atoms with Crippen LogP contribution >= 0.6 is 0 Å². The second kappa shape index (κ2) is 4.00. The Morgan fingerprint density at radius 3 is 2.64 bits per heavy atom. The Kier molecular flexibility index (Phi) is 2.96. The van der Waals surface area contributed by atoms with Crippen molar-refractivity contribution in [2.75, 3.05) is 0 Å². The molecule has 0 N–H and O–H groups in total. The SMILES string of the molecule is CC(=O)Cc1ccc(C)c([N+](=O)[O-])c1. The van der Waals surface area contributed by atoms with Crippen LogP contribution in [-0.2, 0) is 11.2 Å². The minimum atomic E-state index is -0.432. The molecule has 0 bridgehead atoms. The molecule has 1 aromatic rings. The highest BCUT2D eigenvalue weighted by molar-refractivity contribution is 5.78. The average molecular weight is 193 g/mol. The van der Waals surface area contributed by atoms with Gasteiger partial charge in [-0.25, -0.2) is 0 Å². The third-order valence-corrected chi connectivity index (χ3v) is 1.92. The summed E-state index contributed by atoms with van der Waals surface area (Å²) in [4.78, 5) is 21.0. The van der Waals surface area contributed by atoms with Crippen LogP contribution in [0.15, 0.2) is 18.2 Å². The molecule has 0 heterocycles. The second-order valence-corrected chi connectivity index (χ2v) is 3.26. The highest BCUT2D eigenvalue weighted by Gasteiger charge is 2.11. The lowest BCUT2D eigenvalue weighted by molar-refractivity contribution is -0.385. The lowest BCUT2D eigenvalue weighted by atomic mass is 10.1. The summed E-state index contributed by atoms with van der Waals surface area (Å²) in [6.45, 7) is 3.14. The van der Waals surface area contributed by atoms with Crippen LogP contribution in [0, 0.1) is 17.0 Å². The quantitative estimate of drug-likeness (QED) is 0.545. The molecule has 4 nitrogen and oxygen atoms in total. The molecule has 74 valence electrons. The van der Waals surface area contributed by atoms with Crippen molar-refractivity contribution >= 4 is 11.5 Å². The number of carbonyl (C=O) groups excluding carboxylic acids is 1. The standard InChI is InChI=1S/C10H11NO3/c1-7-3-4-9(5-8(2)12)6-10(7)11(13)14/h3-4,6H,5H2,1-2H3. The molecule has 0 spiro atoms. The Labute approximate surface area is 81.7 Å². The molecule has 1 rings (SSSR count). The summed E-state index contributed by atoms with van der Waals surface area (Å²) in [6.07, 6.45) is 0.251. The van der Waals surface area contributed by atoms with Gasteiger partial charge in [-0.2, -0.15) is 0 Å². The first-order valence-corrected chi connectivity index (χ1v) is 4.24. The van der Waals surface area contributed by atoms with E-state index in [1.54, 1.807) is 19.1 Å². The van der Waals surface area contributed by atoms with Crippen LogP contribution in [-0.4, -0.2) is 10.7 Å². The Morgan fingerprint density at radius 2 is 2.14 bits per heavy atom. The first kappa shape index (κ1) is 10.4. The Morgan fingerprint density at radius 1 is 1.50 bits per heavy atom. The fourth-order valence-corrected chi connectivity index (χ4v) is 1.25. The summed E-state index contributed by atoms with van der Waals surface area (Å²) < 4.78 is 0. The number of hydrogen-bond donors (Lipinski definition) is 0. The molecule has 0 saturated heterocycles. The molecule has 0 aliphatic carbocycles. The smallest absolute Gasteiger partial charge is 0.272 e. The van der Waals surface area contributed by atoms with Crippen molar-refractivity contribution in [3.05, 3.63) is 39.4 Å². The van der Waals surface area contributed by atoms with E-state index < -0.39 is 4.92 Å². The minimum absolute atomic E-state index is 0.00292. The summed E-state index contributed by atoms with van der Waals surface area (Å²) in [5.41, 5.74) is 1.38. The zero-order valence-electron chi connectivity index (χ0n) is 8.11. The largest absolute Gasteiger partial charge is 0.300 e. The molecule has 0 aliphatic rings. The maximum Gasteiger partial charge on any atom is 0.272 e. The van der Waals surface area contributed by atoms with E-state index in [0.29, 0.717) is 11.1 Å². The topological polar surface area (TPSA) is 60.2 Å². The Hall–Kier alpha value is -1.71. The van der Waals surface area contributed by atoms with Gasteiger partial charge in [0.15, 0.2) is 0 Å². The van der Waals surface area contributed by atoms with Crippen LogP contribution in [0.4, 0.5) is 5.69 Å². The maximum atomic E-state index is 10.8. The molecule has 0 aromatic heterocycles. The summed E-state index contributed by atoms with van der Waals surface area (Å²) in [6, 6.07) is 4.86.